The van der Waals surface area contributed by atoms with Crippen LogP contribution in [0.2, 0.25) is 0 Å². The largest absolute Gasteiger partial charge is 0.496 e. The average molecular weight is 332 g/mol. The van der Waals surface area contributed by atoms with Crippen molar-refractivity contribution in [1.29, 1.82) is 0 Å². The van der Waals surface area contributed by atoms with Crippen LogP contribution in [0.15, 0.2) is 41.3 Å². The van der Waals surface area contributed by atoms with E-state index < -0.39 is 10.0 Å². The standard InChI is InChI=1S/C17H20N2O3S/c1-22-16-5-3-2-4-14(16)15-10-12-6-8-19-9-7-13(12)11-17(15)23(18,20)21/h2-5,10-11,19H,6-9H2,1H3,(H2,18,20,21). The number of benzene rings is 2. The molecule has 0 atom stereocenters. The van der Waals surface area contributed by atoms with Crippen molar-refractivity contribution < 1.29 is 13.2 Å². The lowest BCUT2D eigenvalue weighted by Gasteiger charge is -2.16. The first-order valence-electron chi connectivity index (χ1n) is 7.53. The highest BCUT2D eigenvalue weighted by molar-refractivity contribution is 7.89. The third-order valence-electron chi connectivity index (χ3n) is 4.15. The normalized spacial score (nSPS) is 14.9. The van der Waals surface area contributed by atoms with Crippen molar-refractivity contribution in [2.75, 3.05) is 20.2 Å². The summed E-state index contributed by atoms with van der Waals surface area (Å²) in [5, 5.41) is 8.80. The number of nitrogens with one attached hydrogen (secondary N) is 1. The van der Waals surface area contributed by atoms with Crippen molar-refractivity contribution >= 4 is 10.0 Å². The molecule has 1 aliphatic rings. The van der Waals surface area contributed by atoms with E-state index in [4.69, 9.17) is 9.88 Å². The number of sulfonamides is 1. The van der Waals surface area contributed by atoms with E-state index >= 15 is 0 Å². The first-order valence-corrected chi connectivity index (χ1v) is 9.08. The van der Waals surface area contributed by atoms with Crippen LogP contribution in [-0.4, -0.2) is 28.6 Å². The fourth-order valence-corrected chi connectivity index (χ4v) is 3.80. The Hall–Kier alpha value is -1.89. The van der Waals surface area contributed by atoms with Gasteiger partial charge in [-0.05, 0) is 55.3 Å². The van der Waals surface area contributed by atoms with Gasteiger partial charge in [0.05, 0.1) is 12.0 Å². The molecule has 2 aromatic rings. The summed E-state index contributed by atoms with van der Waals surface area (Å²) in [5.74, 6) is 0.629. The minimum Gasteiger partial charge on any atom is -0.496 e. The van der Waals surface area contributed by atoms with Gasteiger partial charge in [0.25, 0.3) is 0 Å². The molecule has 5 nitrogen and oxygen atoms in total. The van der Waals surface area contributed by atoms with E-state index in [-0.39, 0.29) is 4.90 Å². The number of hydrogen-bond acceptors (Lipinski definition) is 4. The molecule has 6 heteroatoms. The number of fused-ring (bicyclic) bond motifs is 1. The molecule has 0 amide bonds. The molecule has 1 aliphatic heterocycles. The fraction of sp³-hybridized carbons (Fsp3) is 0.294. The summed E-state index contributed by atoms with van der Waals surface area (Å²) in [7, 11) is -2.26. The molecule has 0 unspecified atom stereocenters. The van der Waals surface area contributed by atoms with Crippen molar-refractivity contribution in [3.8, 4) is 16.9 Å². The molecule has 3 rings (SSSR count). The van der Waals surface area contributed by atoms with Gasteiger partial charge < -0.3 is 10.1 Å². The Bertz CT molecular complexity index is 832. The topological polar surface area (TPSA) is 81.4 Å². The molecule has 1 heterocycles. The Morgan fingerprint density at radius 2 is 1.70 bits per heavy atom. The van der Waals surface area contributed by atoms with E-state index in [1.54, 1.807) is 13.2 Å². The maximum absolute atomic E-state index is 12.1. The molecule has 0 bridgehead atoms. The zero-order valence-corrected chi connectivity index (χ0v) is 13.8. The molecular weight excluding hydrogens is 312 g/mol. The maximum atomic E-state index is 12.1. The third-order valence-corrected chi connectivity index (χ3v) is 5.10. The maximum Gasteiger partial charge on any atom is 0.238 e. The van der Waals surface area contributed by atoms with Crippen molar-refractivity contribution in [1.82, 2.24) is 5.32 Å². The van der Waals surface area contributed by atoms with Crippen LogP contribution in [0.1, 0.15) is 11.1 Å². The summed E-state index contributed by atoms with van der Waals surface area (Å²) in [6.07, 6.45) is 1.66. The summed E-state index contributed by atoms with van der Waals surface area (Å²) in [4.78, 5) is 0.155. The summed E-state index contributed by atoms with van der Waals surface area (Å²) in [5.41, 5.74) is 3.53. The van der Waals surface area contributed by atoms with Gasteiger partial charge in [-0.25, -0.2) is 13.6 Å². The van der Waals surface area contributed by atoms with Crippen molar-refractivity contribution in [2.45, 2.75) is 17.7 Å². The monoisotopic (exact) mass is 332 g/mol. The van der Waals surface area contributed by atoms with Gasteiger partial charge in [-0.15, -0.1) is 0 Å². The number of primary sulfonamides is 1. The first-order chi connectivity index (χ1) is 11.0. The lowest BCUT2D eigenvalue weighted by atomic mass is 9.96. The number of ether oxygens (including phenoxy) is 1. The van der Waals surface area contributed by atoms with Crippen LogP contribution < -0.4 is 15.2 Å². The van der Waals surface area contributed by atoms with Crippen LogP contribution in [-0.2, 0) is 22.9 Å². The second kappa shape index (κ2) is 6.31. The van der Waals surface area contributed by atoms with Gasteiger partial charge in [0.15, 0.2) is 0 Å². The van der Waals surface area contributed by atoms with Gasteiger partial charge in [-0.1, -0.05) is 18.2 Å². The Labute approximate surface area is 136 Å². The predicted octanol–water partition coefficient (Wildman–Crippen LogP) is 1.70. The van der Waals surface area contributed by atoms with E-state index in [9.17, 15) is 8.42 Å². The summed E-state index contributed by atoms with van der Waals surface area (Å²) in [6.45, 7) is 1.72. The number of methoxy groups -OCH3 is 1. The quantitative estimate of drug-likeness (QED) is 0.896. The Kier molecular flexibility index (Phi) is 4.39. The zero-order valence-electron chi connectivity index (χ0n) is 13.0. The van der Waals surface area contributed by atoms with E-state index in [2.05, 4.69) is 5.32 Å². The van der Waals surface area contributed by atoms with Crippen molar-refractivity contribution in [3.63, 3.8) is 0 Å². The van der Waals surface area contributed by atoms with Crippen molar-refractivity contribution in [2.24, 2.45) is 5.14 Å². The lowest BCUT2D eigenvalue weighted by Crippen LogP contribution is -2.16. The van der Waals surface area contributed by atoms with E-state index in [1.165, 1.54) is 0 Å². The van der Waals surface area contributed by atoms with Gasteiger partial charge in [0.2, 0.25) is 10.0 Å². The van der Waals surface area contributed by atoms with Gasteiger partial charge in [0, 0.05) is 11.1 Å². The number of nitrogens with two attached hydrogens (primary N) is 1. The van der Waals surface area contributed by atoms with Crippen LogP contribution in [0.25, 0.3) is 11.1 Å². The van der Waals surface area contributed by atoms with E-state index in [0.717, 1.165) is 42.6 Å². The second-order valence-corrected chi connectivity index (χ2v) is 7.14. The molecule has 3 N–H and O–H groups in total. The smallest absolute Gasteiger partial charge is 0.238 e. The molecule has 0 radical (unpaired) electrons. The van der Waals surface area contributed by atoms with Crippen LogP contribution in [0.3, 0.4) is 0 Å². The van der Waals surface area contributed by atoms with Crippen LogP contribution in [0.5, 0.6) is 5.75 Å². The van der Waals surface area contributed by atoms with Gasteiger partial charge in [-0.2, -0.15) is 0 Å². The molecule has 0 saturated carbocycles. The molecule has 0 aromatic heterocycles. The summed E-state index contributed by atoms with van der Waals surface area (Å²) in [6, 6.07) is 11.0. The first kappa shape index (κ1) is 16.0. The molecule has 122 valence electrons. The van der Waals surface area contributed by atoms with Crippen LogP contribution in [0.4, 0.5) is 0 Å². The minimum absolute atomic E-state index is 0.155. The molecular formula is C17H20N2O3S. The Morgan fingerprint density at radius 1 is 1.04 bits per heavy atom. The molecule has 0 aliphatic carbocycles. The summed E-state index contributed by atoms with van der Waals surface area (Å²) >= 11 is 0. The number of para-hydroxylation sites is 1. The van der Waals surface area contributed by atoms with Gasteiger partial charge in [0.1, 0.15) is 5.75 Å². The molecule has 23 heavy (non-hydrogen) atoms. The van der Waals surface area contributed by atoms with Gasteiger partial charge >= 0.3 is 0 Å². The Morgan fingerprint density at radius 3 is 2.35 bits per heavy atom. The zero-order chi connectivity index (χ0) is 16.4. The molecule has 2 aromatic carbocycles. The summed E-state index contributed by atoms with van der Waals surface area (Å²) < 4.78 is 29.6. The predicted molar refractivity (Wildman–Crippen MR) is 90.1 cm³/mol. The number of rotatable bonds is 3. The Balaban J connectivity index is 2.28. The van der Waals surface area contributed by atoms with E-state index in [1.807, 2.05) is 30.3 Å². The average Bonchev–Trinajstić information content (AvgIpc) is 2.77. The minimum atomic E-state index is -3.83. The lowest BCUT2D eigenvalue weighted by molar-refractivity contribution is 0.416. The molecule has 0 fully saturated rings. The highest BCUT2D eigenvalue weighted by Crippen LogP contribution is 2.36. The molecule has 0 spiro atoms. The van der Waals surface area contributed by atoms with Crippen LogP contribution in [0, 0.1) is 0 Å². The molecule has 0 saturated heterocycles. The SMILES string of the molecule is COc1ccccc1-c1cc2c(cc1S(N)(=O)=O)CCNCC2. The highest BCUT2D eigenvalue weighted by Gasteiger charge is 2.21. The van der Waals surface area contributed by atoms with Crippen molar-refractivity contribution in [3.05, 3.63) is 47.5 Å². The number of hydrogen-bond donors (Lipinski definition) is 2. The highest BCUT2D eigenvalue weighted by atomic mass is 32.2. The van der Waals surface area contributed by atoms with E-state index in [0.29, 0.717) is 11.3 Å². The third kappa shape index (κ3) is 3.24. The second-order valence-electron chi connectivity index (χ2n) is 5.61. The van der Waals surface area contributed by atoms with Crippen LogP contribution >= 0.6 is 0 Å². The fourth-order valence-electron chi connectivity index (χ4n) is 3.02. The van der Waals surface area contributed by atoms with Gasteiger partial charge in [-0.3, -0.25) is 0 Å².